The number of hydroxylamine groups is 2. The number of ether oxygens (including phenoxy) is 5. The van der Waals surface area contributed by atoms with Crippen molar-refractivity contribution in [2.45, 2.75) is 153 Å². The summed E-state index contributed by atoms with van der Waals surface area (Å²) >= 11 is 0. The van der Waals surface area contributed by atoms with Crippen LogP contribution in [0.25, 0.3) is 6.08 Å². The SMILES string of the molecule is CCCCCC1(CCCCC)OC2C3CC4(C(=O)NC(C(=O)NCCO)C(C)O)C(ON(Cc5ccc(C=CC(=O)OC6C(=O)OCC6(C)C)cc5)C4C(=O)O3)C2O1. The predicted molar refractivity (Wildman–Crippen MR) is 206 cm³/mol. The summed E-state index contributed by atoms with van der Waals surface area (Å²) in [6.07, 6.45) is 4.06. The fourth-order valence-electron chi connectivity index (χ4n) is 8.84. The Balaban J connectivity index is 1.27. The minimum Gasteiger partial charge on any atom is -0.462 e. The van der Waals surface area contributed by atoms with Gasteiger partial charge in [-0.25, -0.2) is 9.59 Å². The number of esters is 3. The van der Waals surface area contributed by atoms with E-state index >= 15 is 0 Å². The van der Waals surface area contributed by atoms with E-state index < -0.39 is 95.0 Å². The Morgan fingerprint density at radius 2 is 1.67 bits per heavy atom. The highest BCUT2D eigenvalue weighted by molar-refractivity contribution is 5.96. The van der Waals surface area contributed by atoms with Crippen molar-refractivity contribution < 1.29 is 62.7 Å². The lowest BCUT2D eigenvalue weighted by Gasteiger charge is -2.49. The van der Waals surface area contributed by atoms with Crippen molar-refractivity contribution >= 4 is 35.8 Å². The van der Waals surface area contributed by atoms with E-state index in [1.165, 1.54) is 18.1 Å². The van der Waals surface area contributed by atoms with Gasteiger partial charge in [-0.05, 0) is 37.0 Å². The number of nitrogens with one attached hydrogen (secondary N) is 2. The number of aliphatic hydroxyl groups is 2. The van der Waals surface area contributed by atoms with Crippen LogP contribution in [0.1, 0.15) is 104 Å². The molecule has 4 heterocycles. The molecular weight excluding hydrogens is 754 g/mol. The molecule has 4 N–H and O–H groups in total. The molecule has 0 aromatic heterocycles. The molecule has 4 saturated heterocycles. The molecule has 58 heavy (non-hydrogen) atoms. The zero-order valence-corrected chi connectivity index (χ0v) is 34.1. The van der Waals surface area contributed by atoms with Gasteiger partial charge in [-0.2, -0.15) is 5.06 Å². The molecule has 5 aliphatic rings. The molecule has 6 rings (SSSR count). The average Bonchev–Trinajstić information content (AvgIpc) is 3.83. The summed E-state index contributed by atoms with van der Waals surface area (Å²) in [5, 5.41) is 26.6. The van der Waals surface area contributed by atoms with Gasteiger partial charge in [0.25, 0.3) is 0 Å². The van der Waals surface area contributed by atoms with E-state index in [0.717, 1.165) is 38.5 Å². The molecule has 9 atom stereocenters. The monoisotopic (exact) mass is 813 g/mol. The van der Waals surface area contributed by atoms with Crippen LogP contribution in [0.5, 0.6) is 0 Å². The standard InChI is InChI=1S/C42H59N3O13/c1-6-8-10-18-41(19-11-9-7-2)56-31-28-22-42(39(52)44-30(25(3)47)36(49)43-20-21-46)33(37(50)54-28)45(58-34(42)32(31)57-41)23-27-14-12-26(13-15-27)16-17-29(48)55-35-38(51)53-24-40(35,4)5/h12-17,25,28,30-35,46-47H,6-11,18-24H2,1-5H3,(H,43,49)(H,44,52). The van der Waals surface area contributed by atoms with Crippen LogP contribution in [-0.2, 0) is 59.0 Å². The highest BCUT2D eigenvalue weighted by atomic mass is 16.8. The lowest BCUT2D eigenvalue weighted by Crippen LogP contribution is -2.71. The normalized spacial score (nSPS) is 30.3. The quantitative estimate of drug-likeness (QED) is 0.0686. The molecule has 2 amide bonds. The number of unbranched alkanes of at least 4 members (excludes halogenated alkanes) is 4. The number of aliphatic hydroxyl groups excluding tert-OH is 2. The molecule has 0 radical (unpaired) electrons. The molecule has 1 saturated carbocycles. The molecular formula is C42H59N3O13. The zero-order chi connectivity index (χ0) is 41.8. The van der Waals surface area contributed by atoms with Gasteiger partial charge >= 0.3 is 17.9 Å². The molecule has 5 fully saturated rings. The van der Waals surface area contributed by atoms with Gasteiger partial charge in [-0.15, -0.1) is 0 Å². The first-order valence-corrected chi connectivity index (χ1v) is 20.7. The van der Waals surface area contributed by atoms with E-state index in [1.54, 1.807) is 44.2 Å². The van der Waals surface area contributed by atoms with Gasteiger partial charge in [0, 0.05) is 37.3 Å². The van der Waals surface area contributed by atoms with Crippen LogP contribution in [0.2, 0.25) is 0 Å². The second kappa shape index (κ2) is 18.1. The van der Waals surface area contributed by atoms with Crippen molar-refractivity contribution in [3.63, 3.8) is 0 Å². The fraction of sp³-hybridized carbons (Fsp3) is 0.690. The average molecular weight is 814 g/mol. The summed E-state index contributed by atoms with van der Waals surface area (Å²) in [4.78, 5) is 73.4. The Kier molecular flexibility index (Phi) is 13.6. The zero-order valence-electron chi connectivity index (χ0n) is 34.1. The maximum absolute atomic E-state index is 14.8. The van der Waals surface area contributed by atoms with Crippen molar-refractivity contribution in [1.29, 1.82) is 0 Å². The molecule has 1 aromatic carbocycles. The third-order valence-corrected chi connectivity index (χ3v) is 11.9. The Bertz CT molecular complexity index is 1690. The molecule has 16 heteroatoms. The molecule has 9 unspecified atom stereocenters. The van der Waals surface area contributed by atoms with Crippen LogP contribution >= 0.6 is 0 Å². The Morgan fingerprint density at radius 3 is 2.28 bits per heavy atom. The van der Waals surface area contributed by atoms with Crippen molar-refractivity contribution in [3.05, 3.63) is 41.5 Å². The summed E-state index contributed by atoms with van der Waals surface area (Å²) in [6.45, 7) is 8.97. The summed E-state index contributed by atoms with van der Waals surface area (Å²) < 4.78 is 30.2. The molecule has 2 bridgehead atoms. The van der Waals surface area contributed by atoms with Crippen LogP contribution in [0, 0.1) is 10.8 Å². The maximum atomic E-state index is 14.8. The first-order chi connectivity index (χ1) is 27.7. The number of carbonyl (C=O) groups excluding carboxylic acids is 5. The fourth-order valence-corrected chi connectivity index (χ4v) is 8.84. The molecule has 1 aromatic rings. The Hall–Kier alpha value is -3.93. The van der Waals surface area contributed by atoms with E-state index in [-0.39, 0.29) is 32.7 Å². The lowest BCUT2D eigenvalue weighted by atomic mass is 9.62. The number of rotatable bonds is 19. The minimum absolute atomic E-state index is 0.0291. The van der Waals surface area contributed by atoms with Crippen LogP contribution in [0.4, 0.5) is 0 Å². The first-order valence-electron chi connectivity index (χ1n) is 20.7. The van der Waals surface area contributed by atoms with E-state index in [1.807, 2.05) is 0 Å². The van der Waals surface area contributed by atoms with Gasteiger partial charge in [0.2, 0.25) is 17.9 Å². The summed E-state index contributed by atoms with van der Waals surface area (Å²) in [7, 11) is 0. The lowest BCUT2D eigenvalue weighted by molar-refractivity contribution is -0.224. The van der Waals surface area contributed by atoms with Gasteiger partial charge in [0.15, 0.2) is 11.8 Å². The second-order valence-corrected chi connectivity index (χ2v) is 16.9. The van der Waals surface area contributed by atoms with E-state index in [4.69, 9.17) is 28.5 Å². The molecule has 16 nitrogen and oxygen atoms in total. The molecule has 320 valence electrons. The number of benzene rings is 1. The van der Waals surface area contributed by atoms with Gasteiger partial charge in [-0.1, -0.05) is 77.6 Å². The van der Waals surface area contributed by atoms with Crippen LogP contribution in [0.15, 0.2) is 30.3 Å². The van der Waals surface area contributed by atoms with Crippen molar-refractivity contribution in [1.82, 2.24) is 15.7 Å². The Morgan fingerprint density at radius 1 is 1.00 bits per heavy atom. The van der Waals surface area contributed by atoms with E-state index in [0.29, 0.717) is 24.0 Å². The first kappa shape index (κ1) is 43.6. The van der Waals surface area contributed by atoms with Crippen LogP contribution in [0.3, 0.4) is 0 Å². The van der Waals surface area contributed by atoms with Crippen LogP contribution in [-0.4, -0.2) is 119 Å². The number of amides is 2. The topological polar surface area (TPSA) is 208 Å². The van der Waals surface area contributed by atoms with E-state index in [2.05, 4.69) is 24.5 Å². The van der Waals surface area contributed by atoms with Crippen molar-refractivity contribution in [3.8, 4) is 0 Å². The Labute approximate surface area is 339 Å². The largest absolute Gasteiger partial charge is 0.462 e. The van der Waals surface area contributed by atoms with Gasteiger partial charge in [0.05, 0.1) is 19.3 Å². The summed E-state index contributed by atoms with van der Waals surface area (Å²) in [6, 6.07) is 4.46. The smallest absolute Gasteiger partial charge is 0.348 e. The number of nitrogens with zero attached hydrogens (tertiary/aromatic N) is 1. The number of hydrogen-bond donors (Lipinski definition) is 4. The molecule has 4 aliphatic heterocycles. The number of carbonyl (C=O) groups is 5. The van der Waals surface area contributed by atoms with Gasteiger partial charge < -0.3 is 44.5 Å². The minimum atomic E-state index is -1.60. The second-order valence-electron chi connectivity index (χ2n) is 16.9. The number of hydrogen-bond acceptors (Lipinski definition) is 14. The molecule has 1 aliphatic carbocycles. The molecule has 0 spiro atoms. The van der Waals surface area contributed by atoms with Crippen molar-refractivity contribution in [2.24, 2.45) is 10.8 Å². The maximum Gasteiger partial charge on any atom is 0.348 e. The predicted octanol–water partition coefficient (Wildman–Crippen LogP) is 2.61. The van der Waals surface area contributed by atoms with Crippen LogP contribution < -0.4 is 10.6 Å². The van der Waals surface area contributed by atoms with Crippen molar-refractivity contribution in [2.75, 3.05) is 19.8 Å². The van der Waals surface area contributed by atoms with E-state index in [9.17, 15) is 34.2 Å². The van der Waals surface area contributed by atoms with Gasteiger partial charge in [0.1, 0.15) is 42.5 Å². The summed E-state index contributed by atoms with van der Waals surface area (Å²) in [5.41, 5.74) is -0.869. The number of cyclic esters (lactones) is 1. The van der Waals surface area contributed by atoms with Gasteiger partial charge in [-0.3, -0.25) is 19.2 Å². The highest BCUT2D eigenvalue weighted by Gasteiger charge is 2.76. The third-order valence-electron chi connectivity index (χ3n) is 11.9. The third kappa shape index (κ3) is 8.82. The highest BCUT2D eigenvalue weighted by Crippen LogP contribution is 2.58. The summed E-state index contributed by atoms with van der Waals surface area (Å²) in [5.74, 6) is -4.28. The number of fused-ring (bicyclic) bond motifs is 4.